The first-order chi connectivity index (χ1) is 11.6. The van der Waals surface area contributed by atoms with E-state index in [0.29, 0.717) is 30.8 Å². The maximum absolute atomic E-state index is 12.1. The van der Waals surface area contributed by atoms with Gasteiger partial charge in [-0.25, -0.2) is 0 Å². The lowest BCUT2D eigenvalue weighted by molar-refractivity contribution is -0.122. The van der Waals surface area contributed by atoms with Crippen molar-refractivity contribution in [2.45, 2.75) is 12.1 Å². The van der Waals surface area contributed by atoms with E-state index in [1.165, 1.54) is 0 Å². The molecule has 3 rings (SSSR count). The van der Waals surface area contributed by atoms with Crippen LogP contribution in [0.3, 0.4) is 0 Å². The fourth-order valence-corrected chi connectivity index (χ4v) is 3.34. The first-order valence-corrected chi connectivity index (χ1v) is 8.69. The maximum atomic E-state index is 12.1. The molecule has 2 atom stereocenters. The maximum Gasteiger partial charge on any atom is 0.234 e. The molecule has 0 bridgehead atoms. The van der Waals surface area contributed by atoms with Crippen molar-refractivity contribution in [1.29, 1.82) is 0 Å². The Morgan fingerprint density at radius 3 is 2.92 bits per heavy atom. The van der Waals surface area contributed by atoms with Gasteiger partial charge < -0.3 is 14.8 Å². The topological polar surface area (TPSA) is 54.0 Å². The van der Waals surface area contributed by atoms with Crippen LogP contribution in [-0.2, 0) is 9.53 Å². The highest BCUT2D eigenvalue weighted by atomic mass is 35.5. The van der Waals surface area contributed by atoms with E-state index < -0.39 is 0 Å². The SMILES string of the molecule is CN1CCO[C@@H]2CN(CC(=O)NCCOc3ccc(Cl)cc3)C[C@H]21. The second kappa shape index (κ2) is 8.16. The van der Waals surface area contributed by atoms with Crippen molar-refractivity contribution in [2.75, 3.05) is 53.0 Å². The van der Waals surface area contributed by atoms with E-state index in [0.717, 1.165) is 32.0 Å². The Hall–Kier alpha value is -1.34. The second-order valence-electron chi connectivity index (χ2n) is 6.30. The van der Waals surface area contributed by atoms with Gasteiger partial charge in [0, 0.05) is 30.7 Å². The summed E-state index contributed by atoms with van der Waals surface area (Å²) in [6.45, 7) is 4.77. The minimum atomic E-state index is 0.0241. The fourth-order valence-electron chi connectivity index (χ4n) is 3.21. The van der Waals surface area contributed by atoms with E-state index in [9.17, 15) is 4.79 Å². The molecule has 0 aliphatic carbocycles. The summed E-state index contributed by atoms with van der Waals surface area (Å²) in [5.41, 5.74) is 0. The van der Waals surface area contributed by atoms with Crippen molar-refractivity contribution in [1.82, 2.24) is 15.1 Å². The highest BCUT2D eigenvalue weighted by molar-refractivity contribution is 6.30. The summed E-state index contributed by atoms with van der Waals surface area (Å²) in [5, 5.41) is 3.57. The molecule has 0 aromatic heterocycles. The molecule has 0 saturated carbocycles. The zero-order valence-corrected chi connectivity index (χ0v) is 14.7. The van der Waals surface area contributed by atoms with Crippen LogP contribution in [0.25, 0.3) is 0 Å². The summed E-state index contributed by atoms with van der Waals surface area (Å²) in [6.07, 6.45) is 0.227. The first-order valence-electron chi connectivity index (χ1n) is 8.31. The van der Waals surface area contributed by atoms with Crippen LogP contribution in [0.15, 0.2) is 24.3 Å². The number of carbonyl (C=O) groups is 1. The Balaban J connectivity index is 1.33. The fraction of sp³-hybridized carbons (Fsp3) is 0.588. The average molecular weight is 354 g/mol. The number of likely N-dealkylation sites (N-methyl/N-ethyl adjacent to an activating group) is 1. The lowest BCUT2D eigenvalue weighted by Gasteiger charge is -2.33. The molecule has 6 nitrogen and oxygen atoms in total. The van der Waals surface area contributed by atoms with Gasteiger partial charge in [0.05, 0.1) is 25.8 Å². The Labute approximate surface area is 147 Å². The number of hydrogen-bond acceptors (Lipinski definition) is 5. The monoisotopic (exact) mass is 353 g/mol. The van der Waals surface area contributed by atoms with Crippen molar-refractivity contribution in [2.24, 2.45) is 0 Å². The van der Waals surface area contributed by atoms with Crippen LogP contribution in [0.2, 0.25) is 5.02 Å². The molecule has 132 valence electrons. The molecular formula is C17H24ClN3O3. The number of amides is 1. The third-order valence-electron chi connectivity index (χ3n) is 4.53. The quantitative estimate of drug-likeness (QED) is 0.768. The van der Waals surface area contributed by atoms with Crippen LogP contribution >= 0.6 is 11.6 Å². The van der Waals surface area contributed by atoms with Gasteiger partial charge in [0.15, 0.2) is 0 Å². The summed E-state index contributed by atoms with van der Waals surface area (Å²) in [5.74, 6) is 0.772. The summed E-state index contributed by atoms with van der Waals surface area (Å²) in [4.78, 5) is 16.5. The van der Waals surface area contributed by atoms with E-state index in [4.69, 9.17) is 21.1 Å². The normalized spacial score (nSPS) is 24.6. The number of hydrogen-bond donors (Lipinski definition) is 1. The summed E-state index contributed by atoms with van der Waals surface area (Å²) >= 11 is 5.82. The van der Waals surface area contributed by atoms with Gasteiger partial charge in [-0.05, 0) is 31.3 Å². The smallest absolute Gasteiger partial charge is 0.234 e. The predicted molar refractivity (Wildman–Crippen MR) is 92.6 cm³/mol. The number of nitrogens with zero attached hydrogens (tertiary/aromatic N) is 2. The Morgan fingerprint density at radius 1 is 1.38 bits per heavy atom. The van der Waals surface area contributed by atoms with Gasteiger partial charge in [-0.2, -0.15) is 0 Å². The van der Waals surface area contributed by atoms with Crippen LogP contribution in [0.1, 0.15) is 0 Å². The zero-order valence-electron chi connectivity index (χ0n) is 13.9. The van der Waals surface area contributed by atoms with Crippen LogP contribution < -0.4 is 10.1 Å². The first kappa shape index (κ1) is 17.5. The molecular weight excluding hydrogens is 330 g/mol. The highest BCUT2D eigenvalue weighted by Crippen LogP contribution is 2.21. The third kappa shape index (κ3) is 4.60. The predicted octanol–water partition coefficient (Wildman–Crippen LogP) is 0.850. The van der Waals surface area contributed by atoms with Crippen molar-refractivity contribution in [3.63, 3.8) is 0 Å². The number of carbonyl (C=O) groups excluding carboxylic acids is 1. The molecule has 2 aliphatic rings. The minimum absolute atomic E-state index is 0.0241. The summed E-state index contributed by atoms with van der Waals surface area (Å²) in [7, 11) is 2.12. The van der Waals surface area contributed by atoms with Gasteiger partial charge in [0.1, 0.15) is 12.4 Å². The lowest BCUT2D eigenvalue weighted by atomic mass is 10.1. The minimum Gasteiger partial charge on any atom is -0.492 e. The molecule has 7 heteroatoms. The average Bonchev–Trinajstić information content (AvgIpc) is 2.97. The number of benzene rings is 1. The van der Waals surface area contributed by atoms with E-state index >= 15 is 0 Å². The van der Waals surface area contributed by atoms with Crippen LogP contribution in [-0.4, -0.2) is 80.8 Å². The number of fused-ring (bicyclic) bond motifs is 1. The van der Waals surface area contributed by atoms with Crippen LogP contribution in [0, 0.1) is 0 Å². The van der Waals surface area contributed by atoms with E-state index in [1.807, 2.05) is 12.1 Å². The second-order valence-corrected chi connectivity index (χ2v) is 6.74. The van der Waals surface area contributed by atoms with Gasteiger partial charge >= 0.3 is 0 Å². The molecule has 1 N–H and O–H groups in total. The third-order valence-corrected chi connectivity index (χ3v) is 4.78. The van der Waals surface area contributed by atoms with Crippen LogP contribution in [0.5, 0.6) is 5.75 Å². The van der Waals surface area contributed by atoms with Crippen molar-refractivity contribution in [3.05, 3.63) is 29.3 Å². The number of ether oxygens (including phenoxy) is 2. The van der Waals surface area contributed by atoms with Crippen molar-refractivity contribution in [3.8, 4) is 5.75 Å². The van der Waals surface area contributed by atoms with Gasteiger partial charge in [0.2, 0.25) is 5.91 Å². The van der Waals surface area contributed by atoms with Gasteiger partial charge in [-0.3, -0.25) is 14.6 Å². The number of rotatable bonds is 6. The molecule has 0 spiro atoms. The highest BCUT2D eigenvalue weighted by Gasteiger charge is 2.38. The molecule has 2 fully saturated rings. The van der Waals surface area contributed by atoms with Crippen molar-refractivity contribution < 1.29 is 14.3 Å². The molecule has 24 heavy (non-hydrogen) atoms. The van der Waals surface area contributed by atoms with Gasteiger partial charge in [0.25, 0.3) is 0 Å². The molecule has 0 radical (unpaired) electrons. The molecule has 1 amide bonds. The van der Waals surface area contributed by atoms with E-state index in [-0.39, 0.29) is 12.0 Å². The Morgan fingerprint density at radius 2 is 2.17 bits per heavy atom. The Bertz CT molecular complexity index is 555. The standard InChI is InChI=1S/C17H24ClN3O3/c1-20-7-9-24-16-11-21(10-15(16)20)12-17(22)19-6-8-23-14-4-2-13(18)3-5-14/h2-5,15-16H,6-12H2,1H3,(H,19,22)/t15-,16-/m1/s1. The van der Waals surface area contributed by atoms with Gasteiger partial charge in [-0.1, -0.05) is 11.6 Å². The number of morpholine rings is 1. The number of nitrogens with one attached hydrogen (secondary N) is 1. The summed E-state index contributed by atoms with van der Waals surface area (Å²) < 4.78 is 11.4. The van der Waals surface area contributed by atoms with Crippen LogP contribution in [0.4, 0.5) is 0 Å². The zero-order chi connectivity index (χ0) is 16.9. The van der Waals surface area contributed by atoms with E-state index in [2.05, 4.69) is 22.2 Å². The number of likely N-dealkylation sites (tertiary alicyclic amines) is 1. The molecule has 2 aliphatic heterocycles. The number of halogens is 1. The largest absolute Gasteiger partial charge is 0.492 e. The van der Waals surface area contributed by atoms with Gasteiger partial charge in [-0.15, -0.1) is 0 Å². The molecule has 2 heterocycles. The molecule has 2 saturated heterocycles. The molecule has 1 aromatic rings. The molecule has 0 unspecified atom stereocenters. The summed E-state index contributed by atoms with van der Waals surface area (Å²) in [6, 6.07) is 7.59. The van der Waals surface area contributed by atoms with E-state index in [1.54, 1.807) is 12.1 Å². The Kier molecular flexibility index (Phi) is 5.94. The van der Waals surface area contributed by atoms with Crippen molar-refractivity contribution >= 4 is 17.5 Å². The lowest BCUT2D eigenvalue weighted by Crippen LogP contribution is -2.48. The molecule has 1 aromatic carbocycles.